The summed E-state index contributed by atoms with van der Waals surface area (Å²) in [5.74, 6) is -0.0344. The highest BCUT2D eigenvalue weighted by molar-refractivity contribution is 9.10. The fourth-order valence-corrected chi connectivity index (χ4v) is 4.19. The fourth-order valence-electron chi connectivity index (χ4n) is 3.66. The summed E-state index contributed by atoms with van der Waals surface area (Å²) in [6.07, 6.45) is -4.86. The lowest BCUT2D eigenvalue weighted by Gasteiger charge is -2.33. The van der Waals surface area contributed by atoms with Crippen molar-refractivity contribution in [2.45, 2.75) is 31.2 Å². The smallest absolute Gasteiger partial charge is 0.410 e. The van der Waals surface area contributed by atoms with Gasteiger partial charge in [-0.1, -0.05) is 51.8 Å². The lowest BCUT2D eigenvalue weighted by Crippen LogP contribution is -2.35. The number of methoxy groups -OCH3 is 1. The van der Waals surface area contributed by atoms with Crippen molar-refractivity contribution in [1.29, 1.82) is 0 Å². The number of hydrogen-bond donors (Lipinski definition) is 2. The van der Waals surface area contributed by atoms with Gasteiger partial charge < -0.3 is 15.4 Å². The molecular weight excluding hydrogens is 525 g/mol. The molecule has 1 aromatic heterocycles. The number of rotatable bonds is 5. The van der Waals surface area contributed by atoms with Crippen LogP contribution in [0.15, 0.2) is 53.0 Å². The molecule has 4 rings (SSSR count). The first-order chi connectivity index (χ1) is 15.7. The third kappa shape index (κ3) is 4.96. The van der Waals surface area contributed by atoms with Gasteiger partial charge in [0.2, 0.25) is 0 Å². The van der Waals surface area contributed by atoms with E-state index in [2.05, 4.69) is 31.7 Å². The molecule has 2 heterocycles. The molecule has 0 aliphatic carbocycles. The Bertz CT molecular complexity index is 1150. The molecule has 1 aliphatic heterocycles. The van der Waals surface area contributed by atoms with Gasteiger partial charge in [0.25, 0.3) is 5.91 Å². The van der Waals surface area contributed by atoms with E-state index in [1.807, 2.05) is 0 Å². The van der Waals surface area contributed by atoms with Crippen LogP contribution in [0.5, 0.6) is 5.75 Å². The van der Waals surface area contributed by atoms with E-state index >= 15 is 0 Å². The van der Waals surface area contributed by atoms with Crippen molar-refractivity contribution < 1.29 is 22.7 Å². The van der Waals surface area contributed by atoms with Crippen molar-refractivity contribution in [1.82, 2.24) is 15.1 Å². The summed E-state index contributed by atoms with van der Waals surface area (Å²) in [4.78, 5) is 12.7. The first kappa shape index (κ1) is 23.4. The number of ether oxygens (including phenoxy) is 1. The maximum Gasteiger partial charge on any atom is 0.410 e. The van der Waals surface area contributed by atoms with Crippen LogP contribution in [0.3, 0.4) is 0 Å². The van der Waals surface area contributed by atoms with E-state index in [0.717, 1.165) is 14.7 Å². The van der Waals surface area contributed by atoms with E-state index in [9.17, 15) is 18.0 Å². The van der Waals surface area contributed by atoms with Crippen molar-refractivity contribution in [3.05, 3.63) is 74.8 Å². The molecule has 1 amide bonds. The van der Waals surface area contributed by atoms with Gasteiger partial charge in [-0.3, -0.25) is 4.79 Å². The molecule has 0 saturated heterocycles. The molecule has 2 N–H and O–H groups in total. The van der Waals surface area contributed by atoms with Crippen LogP contribution in [0.1, 0.15) is 40.1 Å². The number of amides is 1. The minimum Gasteiger partial charge on any atom is -0.497 e. The van der Waals surface area contributed by atoms with Gasteiger partial charge in [-0.25, -0.2) is 4.68 Å². The highest BCUT2D eigenvalue weighted by Crippen LogP contribution is 2.46. The van der Waals surface area contributed by atoms with Gasteiger partial charge in [-0.2, -0.15) is 18.3 Å². The Morgan fingerprint density at radius 1 is 1.24 bits per heavy atom. The van der Waals surface area contributed by atoms with E-state index in [-0.39, 0.29) is 29.5 Å². The third-order valence-corrected chi connectivity index (χ3v) is 6.28. The molecule has 0 fully saturated rings. The van der Waals surface area contributed by atoms with Gasteiger partial charge in [0.1, 0.15) is 16.6 Å². The second kappa shape index (κ2) is 9.26. The quantitative estimate of drug-likeness (QED) is 0.421. The Balaban J connectivity index is 1.59. The average Bonchev–Trinajstić information content (AvgIpc) is 3.13. The predicted molar refractivity (Wildman–Crippen MR) is 122 cm³/mol. The summed E-state index contributed by atoms with van der Waals surface area (Å²) >= 11 is 9.68. The zero-order chi connectivity index (χ0) is 23.8. The summed E-state index contributed by atoms with van der Waals surface area (Å²) in [7, 11) is 1.54. The molecular formula is C22H19BrClF3N4O2. The molecule has 6 nitrogen and oxygen atoms in total. The van der Waals surface area contributed by atoms with Crippen molar-refractivity contribution in [3.8, 4) is 5.75 Å². The number of anilines is 1. The first-order valence-electron chi connectivity index (χ1n) is 9.95. The zero-order valence-corrected chi connectivity index (χ0v) is 19.6. The topological polar surface area (TPSA) is 68.2 Å². The van der Waals surface area contributed by atoms with Crippen molar-refractivity contribution >= 4 is 39.3 Å². The average molecular weight is 544 g/mol. The van der Waals surface area contributed by atoms with Crippen LogP contribution < -0.4 is 15.4 Å². The minimum absolute atomic E-state index is 0.0345. The summed E-state index contributed by atoms with van der Waals surface area (Å²) in [6, 6.07) is 11.4. The number of aromatic nitrogens is 2. The largest absolute Gasteiger partial charge is 0.497 e. The Morgan fingerprint density at radius 3 is 2.52 bits per heavy atom. The van der Waals surface area contributed by atoms with Crippen LogP contribution in [-0.2, 0) is 6.54 Å². The lowest BCUT2D eigenvalue weighted by molar-refractivity contribution is -0.173. The van der Waals surface area contributed by atoms with E-state index in [0.29, 0.717) is 11.3 Å². The Kier molecular flexibility index (Phi) is 6.58. The van der Waals surface area contributed by atoms with Crippen molar-refractivity contribution in [2.24, 2.45) is 0 Å². The molecule has 0 spiro atoms. The number of nitrogens with one attached hydrogen (secondary N) is 2. The molecule has 0 bridgehead atoms. The maximum absolute atomic E-state index is 13.9. The monoisotopic (exact) mass is 542 g/mol. The van der Waals surface area contributed by atoms with E-state index in [4.69, 9.17) is 16.3 Å². The molecule has 3 aromatic rings. The molecule has 2 atom stereocenters. The number of benzene rings is 2. The molecule has 2 aromatic carbocycles. The second-order valence-corrected chi connectivity index (χ2v) is 8.82. The zero-order valence-electron chi connectivity index (χ0n) is 17.3. The Hall–Kier alpha value is -2.72. The Morgan fingerprint density at radius 2 is 1.91 bits per heavy atom. The van der Waals surface area contributed by atoms with Crippen LogP contribution >= 0.6 is 27.5 Å². The van der Waals surface area contributed by atoms with Gasteiger partial charge in [0.15, 0.2) is 11.7 Å². The van der Waals surface area contributed by atoms with Crippen LogP contribution in [-0.4, -0.2) is 29.0 Å². The molecule has 33 heavy (non-hydrogen) atoms. The Labute approximate surface area is 201 Å². The number of carbonyl (C=O) groups is 1. The van der Waals surface area contributed by atoms with Crippen LogP contribution in [0.2, 0.25) is 5.02 Å². The number of carbonyl (C=O) groups excluding carboxylic acids is 1. The second-order valence-electron chi connectivity index (χ2n) is 7.53. The van der Waals surface area contributed by atoms with Gasteiger partial charge >= 0.3 is 6.18 Å². The standard InChI is InChI=1S/C22H19BrClF3N4O2/c1-33-15-8-2-12(3-9-15)11-28-21(32)19-18(24)20-29-16(13-4-6-14(23)7-5-13)10-17(22(25,26)27)31(20)30-19/h2-9,16-17,29H,10-11H2,1H3,(H,28,32). The molecule has 0 radical (unpaired) electrons. The fraction of sp³-hybridized carbons (Fsp3) is 0.273. The first-order valence-corrected chi connectivity index (χ1v) is 11.1. The number of fused-ring (bicyclic) bond motifs is 1. The van der Waals surface area contributed by atoms with Crippen LogP contribution in [0.4, 0.5) is 19.0 Å². The summed E-state index contributed by atoms with van der Waals surface area (Å²) in [5.41, 5.74) is 1.19. The number of halogens is 5. The lowest BCUT2D eigenvalue weighted by atomic mass is 9.97. The number of nitrogens with zero attached hydrogens (tertiary/aromatic N) is 2. The highest BCUT2D eigenvalue weighted by Gasteiger charge is 2.47. The molecule has 174 valence electrons. The van der Waals surface area contributed by atoms with Gasteiger partial charge in [-0.15, -0.1) is 0 Å². The number of alkyl halides is 3. The molecule has 2 unspecified atom stereocenters. The maximum atomic E-state index is 13.9. The SMILES string of the molecule is COc1ccc(CNC(=O)c2nn3c(c2Cl)NC(c2ccc(Br)cc2)CC3C(F)(F)F)cc1. The van der Waals surface area contributed by atoms with E-state index in [1.165, 1.54) is 0 Å². The van der Waals surface area contributed by atoms with Crippen molar-refractivity contribution in [3.63, 3.8) is 0 Å². The third-order valence-electron chi connectivity index (χ3n) is 5.40. The van der Waals surface area contributed by atoms with Crippen LogP contribution in [0, 0.1) is 0 Å². The van der Waals surface area contributed by atoms with Gasteiger partial charge in [0.05, 0.1) is 13.2 Å². The van der Waals surface area contributed by atoms with E-state index in [1.54, 1.807) is 55.6 Å². The molecule has 0 saturated carbocycles. The summed E-state index contributed by atoms with van der Waals surface area (Å²) in [6.45, 7) is 0.152. The van der Waals surface area contributed by atoms with E-state index < -0.39 is 24.2 Å². The predicted octanol–water partition coefficient (Wildman–Crippen LogP) is 5.90. The molecule has 1 aliphatic rings. The van der Waals surface area contributed by atoms with Crippen LogP contribution in [0.25, 0.3) is 0 Å². The normalized spacial score (nSPS) is 17.8. The molecule has 11 heteroatoms. The summed E-state index contributed by atoms with van der Waals surface area (Å²) in [5, 5.41) is 9.46. The minimum atomic E-state index is -4.57. The highest BCUT2D eigenvalue weighted by atomic mass is 79.9. The number of hydrogen-bond acceptors (Lipinski definition) is 4. The van der Waals surface area contributed by atoms with Gasteiger partial charge in [-0.05, 0) is 35.4 Å². The van der Waals surface area contributed by atoms with Gasteiger partial charge in [0, 0.05) is 17.4 Å². The summed E-state index contributed by atoms with van der Waals surface area (Å²) < 4.78 is 48.4. The van der Waals surface area contributed by atoms with Crippen molar-refractivity contribution in [2.75, 3.05) is 12.4 Å².